The minimum absolute atomic E-state index is 0.157. The number of carbonyl (C=O) groups is 1. The number of nitrogens with two attached hydrogens (primary N) is 1. The van der Waals surface area contributed by atoms with E-state index in [1.165, 1.54) is 13.3 Å². The van der Waals surface area contributed by atoms with Gasteiger partial charge in [0.05, 0.1) is 19.0 Å². The summed E-state index contributed by atoms with van der Waals surface area (Å²) in [6, 6.07) is -0.157. The molecule has 0 saturated heterocycles. The van der Waals surface area contributed by atoms with E-state index in [-0.39, 0.29) is 11.9 Å². The maximum atomic E-state index is 10.9. The second-order valence-electron chi connectivity index (χ2n) is 2.47. The Labute approximate surface area is 69.9 Å². The van der Waals surface area contributed by atoms with E-state index in [1.807, 2.05) is 0 Å². The van der Waals surface area contributed by atoms with Gasteiger partial charge in [0.25, 0.3) is 0 Å². The lowest BCUT2D eigenvalue weighted by atomic mass is 10.3. The van der Waals surface area contributed by atoms with Gasteiger partial charge < -0.3 is 15.5 Å². The van der Waals surface area contributed by atoms with E-state index in [4.69, 9.17) is 5.73 Å². The van der Waals surface area contributed by atoms with Crippen LogP contribution in [0.25, 0.3) is 0 Å². The highest BCUT2D eigenvalue weighted by molar-refractivity contribution is 5.85. The summed E-state index contributed by atoms with van der Waals surface area (Å²) in [4.78, 5) is 17.4. The molecule has 0 aromatic carbocycles. The summed E-state index contributed by atoms with van der Waals surface area (Å²) >= 11 is 0. The minimum Gasteiger partial charge on any atom is -0.463 e. The fourth-order valence-electron chi connectivity index (χ4n) is 0.767. The molecule has 1 heterocycles. The zero-order valence-electron chi connectivity index (χ0n) is 7.00. The van der Waals surface area contributed by atoms with Crippen molar-refractivity contribution in [1.29, 1.82) is 0 Å². The van der Waals surface area contributed by atoms with Gasteiger partial charge in [-0.2, -0.15) is 0 Å². The predicted molar refractivity (Wildman–Crippen MR) is 42.5 cm³/mol. The zero-order chi connectivity index (χ0) is 9.14. The molecule has 0 bridgehead atoms. The maximum absolute atomic E-state index is 10.9. The van der Waals surface area contributed by atoms with E-state index in [2.05, 4.69) is 14.7 Å². The van der Waals surface area contributed by atoms with Crippen LogP contribution in [0, 0.1) is 0 Å². The summed E-state index contributed by atoms with van der Waals surface area (Å²) in [6.07, 6.45) is 1.52. The van der Waals surface area contributed by atoms with Crippen LogP contribution in [0.15, 0.2) is 6.20 Å². The first-order chi connectivity index (χ1) is 5.65. The van der Waals surface area contributed by atoms with Crippen LogP contribution in [0.3, 0.4) is 0 Å². The Kier molecular flexibility index (Phi) is 2.44. The van der Waals surface area contributed by atoms with Gasteiger partial charge in [-0.1, -0.05) is 0 Å². The highest BCUT2D eigenvalue weighted by Gasteiger charge is 2.11. The minimum atomic E-state index is -0.484. The van der Waals surface area contributed by atoms with Gasteiger partial charge in [0.15, 0.2) is 0 Å². The van der Waals surface area contributed by atoms with Crippen LogP contribution in [0.5, 0.6) is 0 Å². The lowest BCUT2D eigenvalue weighted by Gasteiger charge is -1.98. The molecule has 0 aliphatic carbocycles. The van der Waals surface area contributed by atoms with Crippen molar-refractivity contribution >= 4 is 5.97 Å². The molecule has 1 rings (SSSR count). The summed E-state index contributed by atoms with van der Waals surface area (Å²) < 4.78 is 4.46. The van der Waals surface area contributed by atoms with Gasteiger partial charge in [0, 0.05) is 6.04 Å². The van der Waals surface area contributed by atoms with Crippen molar-refractivity contribution in [3.05, 3.63) is 17.7 Å². The molecule has 3 N–H and O–H groups in total. The average molecular weight is 169 g/mol. The molecular weight excluding hydrogens is 158 g/mol. The Morgan fingerprint density at radius 1 is 1.83 bits per heavy atom. The molecule has 0 amide bonds. The highest BCUT2D eigenvalue weighted by Crippen LogP contribution is 2.05. The third kappa shape index (κ3) is 1.62. The molecule has 5 heteroatoms. The number of H-pyrrole nitrogens is 1. The Bertz CT molecular complexity index is 280. The molecule has 66 valence electrons. The van der Waals surface area contributed by atoms with Crippen LogP contribution in [-0.2, 0) is 4.74 Å². The molecule has 0 saturated carbocycles. The molecule has 1 aromatic heterocycles. The number of esters is 1. The molecule has 0 fully saturated rings. The lowest BCUT2D eigenvalue weighted by molar-refractivity contribution is 0.0588. The van der Waals surface area contributed by atoms with Crippen molar-refractivity contribution in [2.75, 3.05) is 7.11 Å². The Morgan fingerprint density at radius 2 is 2.50 bits per heavy atom. The van der Waals surface area contributed by atoms with Crippen molar-refractivity contribution in [3.8, 4) is 0 Å². The van der Waals surface area contributed by atoms with Crippen LogP contribution in [0.2, 0.25) is 0 Å². The Morgan fingerprint density at radius 3 is 2.92 bits per heavy atom. The summed E-state index contributed by atoms with van der Waals surface area (Å²) in [5.74, 6) is -0.299. The van der Waals surface area contributed by atoms with Crippen molar-refractivity contribution < 1.29 is 9.53 Å². The first kappa shape index (κ1) is 8.73. The number of rotatable bonds is 2. The van der Waals surface area contributed by atoms with E-state index < -0.39 is 5.97 Å². The van der Waals surface area contributed by atoms with Gasteiger partial charge in [0.1, 0.15) is 0 Å². The molecule has 1 aromatic rings. The smallest absolute Gasteiger partial charge is 0.374 e. The number of imidazole rings is 1. The molecule has 12 heavy (non-hydrogen) atoms. The molecule has 0 aliphatic heterocycles. The number of hydrogen-bond donors (Lipinski definition) is 2. The summed E-state index contributed by atoms with van der Waals surface area (Å²) in [6.45, 7) is 1.80. The van der Waals surface area contributed by atoms with Crippen molar-refractivity contribution in [1.82, 2.24) is 9.97 Å². The van der Waals surface area contributed by atoms with Crippen molar-refractivity contribution in [3.63, 3.8) is 0 Å². The molecule has 5 nitrogen and oxygen atoms in total. The average Bonchev–Trinajstić information content (AvgIpc) is 2.51. The van der Waals surface area contributed by atoms with Gasteiger partial charge in [-0.3, -0.25) is 0 Å². The Hall–Kier alpha value is -1.36. The molecule has 0 aliphatic rings. The second-order valence-corrected chi connectivity index (χ2v) is 2.47. The van der Waals surface area contributed by atoms with E-state index >= 15 is 0 Å². The SMILES string of the molecule is COC(=O)c1ncc(C(C)N)[nH]1. The lowest BCUT2D eigenvalue weighted by Crippen LogP contribution is -2.07. The number of hydrogen-bond acceptors (Lipinski definition) is 4. The van der Waals surface area contributed by atoms with Gasteiger partial charge in [0.2, 0.25) is 5.82 Å². The second kappa shape index (κ2) is 3.36. The largest absolute Gasteiger partial charge is 0.463 e. The standard InChI is InChI=1S/C7H11N3O2/c1-4(8)5-3-9-6(10-5)7(11)12-2/h3-4H,8H2,1-2H3,(H,9,10). The van der Waals surface area contributed by atoms with Gasteiger partial charge in [-0.15, -0.1) is 0 Å². The number of methoxy groups -OCH3 is 1. The van der Waals surface area contributed by atoms with Crippen LogP contribution in [0.4, 0.5) is 0 Å². The number of aromatic nitrogens is 2. The van der Waals surface area contributed by atoms with Crippen LogP contribution in [-0.4, -0.2) is 23.0 Å². The van der Waals surface area contributed by atoms with Crippen LogP contribution >= 0.6 is 0 Å². The summed E-state index contributed by atoms with van der Waals surface area (Å²) in [5, 5.41) is 0. The van der Waals surface area contributed by atoms with Crippen LogP contribution < -0.4 is 5.73 Å². The molecule has 0 radical (unpaired) electrons. The number of ether oxygens (including phenoxy) is 1. The topological polar surface area (TPSA) is 81.0 Å². The maximum Gasteiger partial charge on any atom is 0.374 e. The predicted octanol–water partition coefficient (Wildman–Crippen LogP) is 0.216. The number of nitrogens with one attached hydrogen (secondary N) is 1. The van der Waals surface area contributed by atoms with Gasteiger partial charge >= 0.3 is 5.97 Å². The fourth-order valence-corrected chi connectivity index (χ4v) is 0.767. The fraction of sp³-hybridized carbons (Fsp3) is 0.429. The van der Waals surface area contributed by atoms with E-state index in [0.29, 0.717) is 0 Å². The van der Waals surface area contributed by atoms with Gasteiger partial charge in [-0.05, 0) is 6.92 Å². The molecular formula is C7H11N3O2. The van der Waals surface area contributed by atoms with E-state index in [9.17, 15) is 4.79 Å². The van der Waals surface area contributed by atoms with E-state index in [0.717, 1.165) is 5.69 Å². The summed E-state index contributed by atoms with van der Waals surface area (Å²) in [5.41, 5.74) is 6.26. The first-order valence-corrected chi connectivity index (χ1v) is 3.54. The molecule has 1 atom stereocenters. The number of aromatic amines is 1. The third-order valence-electron chi connectivity index (χ3n) is 1.46. The summed E-state index contributed by atoms with van der Waals surface area (Å²) in [7, 11) is 1.30. The molecule has 0 spiro atoms. The third-order valence-corrected chi connectivity index (χ3v) is 1.46. The van der Waals surface area contributed by atoms with Crippen molar-refractivity contribution in [2.45, 2.75) is 13.0 Å². The monoisotopic (exact) mass is 169 g/mol. The van der Waals surface area contributed by atoms with Gasteiger partial charge in [-0.25, -0.2) is 9.78 Å². The Balaban J connectivity index is 2.84. The van der Waals surface area contributed by atoms with Crippen LogP contribution in [0.1, 0.15) is 29.3 Å². The quantitative estimate of drug-likeness (QED) is 0.620. The van der Waals surface area contributed by atoms with Crippen molar-refractivity contribution in [2.24, 2.45) is 5.73 Å². The molecule has 1 unspecified atom stereocenters. The number of carbonyl (C=O) groups excluding carboxylic acids is 1. The highest BCUT2D eigenvalue weighted by atomic mass is 16.5. The zero-order valence-corrected chi connectivity index (χ0v) is 7.00. The number of nitrogens with zero attached hydrogens (tertiary/aromatic N) is 1. The normalized spacial score (nSPS) is 12.6. The van der Waals surface area contributed by atoms with E-state index in [1.54, 1.807) is 6.92 Å². The first-order valence-electron chi connectivity index (χ1n) is 3.54.